The highest BCUT2D eigenvalue weighted by molar-refractivity contribution is 6.36. The Bertz CT molecular complexity index is 1230. The Kier molecular flexibility index (Phi) is 9.15. The molecule has 2 aromatic carbocycles. The molecule has 3 N–H and O–H groups in total. The molecule has 0 fully saturated rings. The highest BCUT2D eigenvalue weighted by Crippen LogP contribution is 2.34. The smallest absolute Gasteiger partial charge is 0.338 e. The van der Waals surface area contributed by atoms with E-state index in [0.717, 1.165) is 0 Å². The van der Waals surface area contributed by atoms with Gasteiger partial charge < -0.3 is 24.8 Å². The number of nitrogens with zero attached hydrogens (tertiary/aromatic N) is 1. The lowest BCUT2D eigenvalue weighted by Crippen LogP contribution is -2.45. The van der Waals surface area contributed by atoms with Crippen LogP contribution in [-0.2, 0) is 14.3 Å². The minimum Gasteiger partial charge on any atom is -0.493 e. The third-order valence-electron chi connectivity index (χ3n) is 5.00. The molecule has 12 heteroatoms. The fraction of sp³-hybridized carbons (Fsp3) is 0.250. The molecule has 0 bridgehead atoms. The van der Waals surface area contributed by atoms with Gasteiger partial charge in [-0.25, -0.2) is 15.0 Å². The molecule has 0 saturated carbocycles. The fourth-order valence-corrected chi connectivity index (χ4v) is 3.82. The van der Waals surface area contributed by atoms with E-state index in [-0.39, 0.29) is 24.5 Å². The zero-order valence-corrected chi connectivity index (χ0v) is 21.2. The zero-order valence-electron chi connectivity index (χ0n) is 19.7. The second-order valence-corrected chi connectivity index (χ2v) is 8.29. The SMILES string of the molecule is CCOC(=O)C1=C(C)NC(=O)N[C@@H]1c1ccc(OCC(=O)N/N=C\c2ccc(Cl)cc2Cl)c(OC)c1. The molecular formula is C24H24Cl2N4O6. The van der Waals surface area contributed by atoms with Crippen LogP contribution in [0, 0.1) is 0 Å². The van der Waals surface area contributed by atoms with Crippen LogP contribution in [0.15, 0.2) is 52.8 Å². The molecule has 10 nitrogen and oxygen atoms in total. The lowest BCUT2D eigenvalue weighted by Gasteiger charge is -2.28. The molecule has 0 aromatic heterocycles. The molecule has 36 heavy (non-hydrogen) atoms. The molecule has 0 radical (unpaired) electrons. The van der Waals surface area contributed by atoms with Gasteiger partial charge in [-0.3, -0.25) is 4.79 Å². The summed E-state index contributed by atoms with van der Waals surface area (Å²) in [6.07, 6.45) is 1.38. The quantitative estimate of drug-likeness (QED) is 0.255. The first-order valence-electron chi connectivity index (χ1n) is 10.8. The van der Waals surface area contributed by atoms with E-state index >= 15 is 0 Å². The Balaban J connectivity index is 1.69. The molecule has 1 aliphatic rings. The molecule has 2 aromatic rings. The van der Waals surface area contributed by atoms with Gasteiger partial charge in [-0.05, 0) is 43.7 Å². The van der Waals surface area contributed by atoms with Crippen LogP contribution in [0.3, 0.4) is 0 Å². The van der Waals surface area contributed by atoms with Crippen molar-refractivity contribution in [3.8, 4) is 11.5 Å². The van der Waals surface area contributed by atoms with Gasteiger partial charge in [-0.1, -0.05) is 35.3 Å². The topological polar surface area (TPSA) is 127 Å². The van der Waals surface area contributed by atoms with E-state index in [1.54, 1.807) is 50.2 Å². The van der Waals surface area contributed by atoms with Crippen LogP contribution in [0.4, 0.5) is 4.79 Å². The number of halogens is 2. The molecule has 1 atom stereocenters. The molecule has 1 heterocycles. The summed E-state index contributed by atoms with van der Waals surface area (Å²) in [5, 5.41) is 10.0. The van der Waals surface area contributed by atoms with Crippen LogP contribution in [0.2, 0.25) is 10.0 Å². The lowest BCUT2D eigenvalue weighted by atomic mass is 9.95. The molecular weight excluding hydrogens is 511 g/mol. The Morgan fingerprint density at radius 3 is 2.64 bits per heavy atom. The molecule has 190 valence electrons. The van der Waals surface area contributed by atoms with Crippen molar-refractivity contribution >= 4 is 47.3 Å². The Morgan fingerprint density at radius 1 is 1.17 bits per heavy atom. The minimum absolute atomic E-state index is 0.186. The van der Waals surface area contributed by atoms with Gasteiger partial charge in [0.25, 0.3) is 5.91 Å². The maximum atomic E-state index is 12.5. The monoisotopic (exact) mass is 534 g/mol. The van der Waals surface area contributed by atoms with E-state index in [1.165, 1.54) is 13.3 Å². The van der Waals surface area contributed by atoms with Crippen molar-refractivity contribution in [2.45, 2.75) is 19.9 Å². The van der Waals surface area contributed by atoms with Crippen molar-refractivity contribution < 1.29 is 28.6 Å². The second-order valence-electron chi connectivity index (χ2n) is 7.45. The number of hydrogen-bond acceptors (Lipinski definition) is 7. The summed E-state index contributed by atoms with van der Waals surface area (Å²) in [6.45, 7) is 3.15. The van der Waals surface area contributed by atoms with Crippen molar-refractivity contribution in [2.24, 2.45) is 5.10 Å². The number of carbonyl (C=O) groups is 3. The van der Waals surface area contributed by atoms with Crippen molar-refractivity contribution in [2.75, 3.05) is 20.3 Å². The van der Waals surface area contributed by atoms with Crippen LogP contribution < -0.4 is 25.5 Å². The lowest BCUT2D eigenvalue weighted by molar-refractivity contribution is -0.139. The Hall–Kier alpha value is -3.76. The van der Waals surface area contributed by atoms with Crippen LogP contribution in [0.5, 0.6) is 11.5 Å². The van der Waals surface area contributed by atoms with E-state index in [2.05, 4.69) is 21.2 Å². The average Bonchev–Trinajstić information content (AvgIpc) is 2.83. The zero-order chi connectivity index (χ0) is 26.2. The first kappa shape index (κ1) is 26.8. The third-order valence-corrected chi connectivity index (χ3v) is 5.56. The molecule has 0 aliphatic carbocycles. The molecule has 0 spiro atoms. The van der Waals surface area contributed by atoms with Gasteiger partial charge in [0.2, 0.25) is 0 Å². The maximum Gasteiger partial charge on any atom is 0.338 e. The van der Waals surface area contributed by atoms with Crippen molar-refractivity contribution in [1.29, 1.82) is 0 Å². The van der Waals surface area contributed by atoms with Gasteiger partial charge in [0.15, 0.2) is 18.1 Å². The Morgan fingerprint density at radius 2 is 1.94 bits per heavy atom. The number of hydrogen-bond donors (Lipinski definition) is 3. The first-order chi connectivity index (χ1) is 17.2. The largest absolute Gasteiger partial charge is 0.493 e. The summed E-state index contributed by atoms with van der Waals surface area (Å²) in [7, 11) is 1.43. The summed E-state index contributed by atoms with van der Waals surface area (Å²) in [6, 6.07) is 8.49. The number of carbonyl (C=O) groups excluding carboxylic acids is 3. The summed E-state index contributed by atoms with van der Waals surface area (Å²) in [5.41, 5.74) is 4.14. The normalized spacial score (nSPS) is 15.2. The first-order valence-corrected chi connectivity index (χ1v) is 11.5. The second kappa shape index (κ2) is 12.3. The Labute approximate surface area is 217 Å². The number of hydrazone groups is 1. The average molecular weight is 535 g/mol. The van der Waals surface area contributed by atoms with Crippen molar-refractivity contribution in [3.63, 3.8) is 0 Å². The van der Waals surface area contributed by atoms with Crippen LogP contribution in [-0.4, -0.2) is 44.4 Å². The number of amides is 3. The number of esters is 1. The number of methoxy groups -OCH3 is 1. The van der Waals surface area contributed by atoms with Gasteiger partial charge in [0, 0.05) is 16.3 Å². The van der Waals surface area contributed by atoms with Gasteiger partial charge in [-0.15, -0.1) is 0 Å². The molecule has 3 rings (SSSR count). The van der Waals surface area contributed by atoms with E-state index in [1.807, 2.05) is 0 Å². The summed E-state index contributed by atoms with van der Waals surface area (Å²) in [4.78, 5) is 36.7. The van der Waals surface area contributed by atoms with Gasteiger partial charge in [0.1, 0.15) is 0 Å². The number of nitrogens with one attached hydrogen (secondary N) is 3. The maximum absolute atomic E-state index is 12.5. The van der Waals surface area contributed by atoms with E-state index < -0.39 is 23.9 Å². The van der Waals surface area contributed by atoms with E-state index in [9.17, 15) is 14.4 Å². The van der Waals surface area contributed by atoms with Crippen LogP contribution in [0.1, 0.15) is 31.0 Å². The molecule has 3 amide bonds. The molecule has 0 saturated heterocycles. The standard InChI is InChI=1S/C24H24Cl2N4O6/c1-4-35-23(32)21-13(2)28-24(33)29-22(21)14-6-8-18(19(9-14)34-3)36-12-20(31)30-27-11-15-5-7-16(25)10-17(15)26/h5-11,22H,4,12H2,1-3H3,(H,30,31)(H2,28,29,33)/b27-11-/t22-/m1/s1. The fourth-order valence-electron chi connectivity index (χ4n) is 3.36. The highest BCUT2D eigenvalue weighted by atomic mass is 35.5. The van der Waals surface area contributed by atoms with Gasteiger partial charge in [-0.2, -0.15) is 5.10 Å². The number of ether oxygens (including phenoxy) is 3. The van der Waals surface area contributed by atoms with Crippen molar-refractivity contribution in [1.82, 2.24) is 16.1 Å². The predicted octanol–water partition coefficient (Wildman–Crippen LogP) is 3.72. The number of benzene rings is 2. The van der Waals surface area contributed by atoms with Crippen LogP contribution >= 0.6 is 23.2 Å². The summed E-state index contributed by atoms with van der Waals surface area (Å²) < 4.78 is 16.1. The van der Waals surface area contributed by atoms with E-state index in [4.69, 9.17) is 37.4 Å². The van der Waals surface area contributed by atoms with Crippen molar-refractivity contribution in [3.05, 3.63) is 68.8 Å². The third kappa shape index (κ3) is 6.67. The summed E-state index contributed by atoms with van der Waals surface area (Å²) >= 11 is 11.9. The van der Waals surface area contributed by atoms with Crippen LogP contribution in [0.25, 0.3) is 0 Å². The molecule has 0 unspecified atom stereocenters. The highest BCUT2D eigenvalue weighted by Gasteiger charge is 2.32. The summed E-state index contributed by atoms with van der Waals surface area (Å²) in [5.74, 6) is -0.495. The number of urea groups is 1. The van der Waals surface area contributed by atoms with Gasteiger partial charge >= 0.3 is 12.0 Å². The van der Waals surface area contributed by atoms with E-state index in [0.29, 0.717) is 32.6 Å². The number of rotatable bonds is 9. The van der Waals surface area contributed by atoms with Gasteiger partial charge in [0.05, 0.1) is 36.6 Å². The molecule has 1 aliphatic heterocycles. The predicted molar refractivity (Wildman–Crippen MR) is 134 cm³/mol. The number of allylic oxidation sites excluding steroid dienone is 1. The minimum atomic E-state index is -0.766.